The van der Waals surface area contributed by atoms with E-state index in [1.165, 1.54) is 6.07 Å². The van der Waals surface area contributed by atoms with Gasteiger partial charge in [-0.1, -0.05) is 19.4 Å². The molecule has 10 heteroatoms. The lowest BCUT2D eigenvalue weighted by molar-refractivity contribution is -0.143. The summed E-state index contributed by atoms with van der Waals surface area (Å²) in [5, 5.41) is 48.1. The number of benzene rings is 1. The van der Waals surface area contributed by atoms with E-state index < -0.39 is 58.1 Å². The average molecular weight is 528 g/mol. The number of primary amides is 1. The van der Waals surface area contributed by atoms with Gasteiger partial charge >= 0.3 is 0 Å². The molecular formula is C28H34FN3O6. The Bertz CT molecular complexity index is 1310. The largest absolute Gasteiger partial charge is 0.510 e. The second-order valence-electron chi connectivity index (χ2n) is 11.2. The van der Waals surface area contributed by atoms with Crippen molar-refractivity contribution in [2.75, 3.05) is 14.1 Å². The Morgan fingerprint density at radius 3 is 2.53 bits per heavy atom. The molecule has 38 heavy (non-hydrogen) atoms. The first-order valence-electron chi connectivity index (χ1n) is 13.0. The third-order valence-corrected chi connectivity index (χ3v) is 8.85. The van der Waals surface area contributed by atoms with Crippen LogP contribution >= 0.6 is 0 Å². The summed E-state index contributed by atoms with van der Waals surface area (Å²) in [6.07, 6.45) is 4.33. The van der Waals surface area contributed by atoms with Crippen LogP contribution in [0.2, 0.25) is 0 Å². The highest BCUT2D eigenvalue weighted by Crippen LogP contribution is 2.54. The summed E-state index contributed by atoms with van der Waals surface area (Å²) in [6.45, 7) is 3.96. The van der Waals surface area contributed by atoms with E-state index in [0.717, 1.165) is 25.7 Å². The van der Waals surface area contributed by atoms with Gasteiger partial charge in [-0.15, -0.1) is 0 Å². The molecule has 0 heterocycles. The van der Waals surface area contributed by atoms with Gasteiger partial charge in [-0.25, -0.2) is 4.39 Å². The maximum Gasteiger partial charge on any atom is 0.252 e. The number of likely N-dealkylation sites (N-methyl/N-ethyl adjacent to an activating group) is 1. The molecule has 9 nitrogen and oxygen atoms in total. The first-order valence-corrected chi connectivity index (χ1v) is 13.0. The highest BCUT2D eigenvalue weighted by molar-refractivity contribution is 6.13. The maximum atomic E-state index is 15.8. The predicted octanol–water partition coefficient (Wildman–Crippen LogP) is 2.12. The maximum absolute atomic E-state index is 15.8. The topological polar surface area (TPSA) is 156 Å². The monoisotopic (exact) mass is 527 g/mol. The van der Waals surface area contributed by atoms with E-state index in [1.54, 1.807) is 19.0 Å². The van der Waals surface area contributed by atoms with Gasteiger partial charge in [0.2, 0.25) is 0 Å². The van der Waals surface area contributed by atoms with Gasteiger partial charge < -0.3 is 31.5 Å². The van der Waals surface area contributed by atoms with Crippen molar-refractivity contribution in [2.24, 2.45) is 17.6 Å². The molecule has 204 valence electrons. The van der Waals surface area contributed by atoms with Gasteiger partial charge in [-0.3, -0.25) is 14.5 Å². The minimum atomic E-state index is -2.35. The number of nitrogens with two attached hydrogens (primary N) is 1. The van der Waals surface area contributed by atoms with E-state index in [9.17, 15) is 30.0 Å². The zero-order chi connectivity index (χ0) is 27.7. The standard InChI is InChI=1S/C28H34FN3O6/c1-12-19(27(30)37)25(35)23(32(2)3)17-9-13-8-16-21(24(34)20(13)26(36)28(12,17)38)18(33)10-14(22(16)29)11-31-15-6-4-5-7-15/h10,13,15,17,23,31,33-35,38H,1,4-9,11H2,2-3H3,(H2,30,37)/t13-,17-,23-,28-/m0/s1. The van der Waals surface area contributed by atoms with Crippen LogP contribution in [0.4, 0.5) is 4.39 Å². The number of nitrogens with zero attached hydrogens (tertiary/aromatic N) is 1. The predicted molar refractivity (Wildman–Crippen MR) is 137 cm³/mol. The van der Waals surface area contributed by atoms with Crippen LogP contribution in [0.5, 0.6) is 5.75 Å². The lowest BCUT2D eigenvalue weighted by Crippen LogP contribution is -2.63. The Morgan fingerprint density at radius 1 is 1.26 bits per heavy atom. The molecule has 0 spiro atoms. The van der Waals surface area contributed by atoms with Crippen molar-refractivity contribution in [3.05, 3.63) is 57.6 Å². The molecule has 0 saturated heterocycles. The van der Waals surface area contributed by atoms with E-state index in [4.69, 9.17) is 5.73 Å². The molecule has 0 bridgehead atoms. The van der Waals surface area contributed by atoms with Crippen LogP contribution in [0, 0.1) is 17.7 Å². The number of amides is 1. The average Bonchev–Trinajstić information content (AvgIpc) is 3.36. The summed E-state index contributed by atoms with van der Waals surface area (Å²) in [7, 11) is 3.25. The lowest BCUT2D eigenvalue weighted by Gasteiger charge is -2.52. The summed E-state index contributed by atoms with van der Waals surface area (Å²) in [5.74, 6) is -5.53. The number of nitrogens with one attached hydrogen (secondary N) is 1. The Hall–Kier alpha value is -3.21. The van der Waals surface area contributed by atoms with Crippen molar-refractivity contribution >= 4 is 17.4 Å². The van der Waals surface area contributed by atoms with Crippen LogP contribution in [-0.4, -0.2) is 68.8 Å². The van der Waals surface area contributed by atoms with Crippen molar-refractivity contribution in [3.63, 3.8) is 0 Å². The Kier molecular flexibility index (Phi) is 6.40. The van der Waals surface area contributed by atoms with Gasteiger partial charge in [0.05, 0.1) is 17.2 Å². The molecular weight excluding hydrogens is 493 g/mol. The second-order valence-corrected chi connectivity index (χ2v) is 11.2. The van der Waals surface area contributed by atoms with Crippen molar-refractivity contribution in [1.82, 2.24) is 10.2 Å². The zero-order valence-corrected chi connectivity index (χ0v) is 21.6. The smallest absolute Gasteiger partial charge is 0.252 e. The Morgan fingerprint density at radius 2 is 1.92 bits per heavy atom. The van der Waals surface area contributed by atoms with Crippen LogP contribution in [0.1, 0.15) is 48.8 Å². The van der Waals surface area contributed by atoms with Gasteiger partial charge in [0.15, 0.2) is 11.4 Å². The number of fused-ring (bicyclic) bond motifs is 3. The first-order chi connectivity index (χ1) is 17.9. The van der Waals surface area contributed by atoms with E-state index in [1.807, 2.05) is 0 Å². The van der Waals surface area contributed by atoms with Crippen molar-refractivity contribution in [2.45, 2.75) is 62.8 Å². The van der Waals surface area contributed by atoms with Crippen LogP contribution < -0.4 is 11.1 Å². The van der Waals surface area contributed by atoms with Gasteiger partial charge in [-0.05, 0) is 51.8 Å². The molecule has 4 aliphatic carbocycles. The zero-order valence-electron chi connectivity index (χ0n) is 21.6. The molecule has 4 aliphatic rings. The molecule has 0 unspecified atom stereocenters. The number of rotatable bonds is 5. The molecule has 2 fully saturated rings. The van der Waals surface area contributed by atoms with Gasteiger partial charge in [0.1, 0.15) is 23.1 Å². The van der Waals surface area contributed by atoms with Crippen molar-refractivity contribution < 1.29 is 34.4 Å². The molecule has 0 aromatic heterocycles. The number of aliphatic hydroxyl groups excluding tert-OH is 2. The number of aliphatic hydroxyl groups is 3. The van der Waals surface area contributed by atoms with E-state index >= 15 is 4.39 Å². The number of phenolic OH excluding ortho intramolecular Hbond substituents is 1. The Balaban J connectivity index is 1.60. The molecule has 0 aliphatic heterocycles. The van der Waals surface area contributed by atoms with Crippen LogP contribution in [-0.2, 0) is 22.6 Å². The molecule has 0 radical (unpaired) electrons. The molecule has 2 saturated carbocycles. The molecule has 1 aromatic carbocycles. The van der Waals surface area contributed by atoms with Crippen LogP contribution in [0.3, 0.4) is 0 Å². The van der Waals surface area contributed by atoms with Gasteiger partial charge in [0, 0.05) is 40.8 Å². The number of ketones is 1. The van der Waals surface area contributed by atoms with Crippen molar-refractivity contribution in [1.29, 1.82) is 0 Å². The molecule has 5 rings (SSSR count). The molecule has 1 aromatic rings. The number of phenols is 1. The number of aromatic hydroxyl groups is 1. The number of carbonyl (C=O) groups is 2. The van der Waals surface area contributed by atoms with E-state index in [0.29, 0.717) is 0 Å². The SMILES string of the molecule is C=C1C(C(N)=O)=C(O)[C@@H](N(C)C)[C@@H]2C[C@@H]3Cc4c(F)c(CNC5CCCC5)cc(O)c4C(O)=C3C(=O)[C@]12O. The van der Waals surface area contributed by atoms with Gasteiger partial charge in [-0.2, -0.15) is 0 Å². The van der Waals surface area contributed by atoms with Gasteiger partial charge in [0.25, 0.3) is 5.91 Å². The van der Waals surface area contributed by atoms with Crippen LogP contribution in [0.15, 0.2) is 35.1 Å². The number of carbonyl (C=O) groups excluding carboxylic acids is 2. The molecule has 7 N–H and O–H groups in total. The van der Waals surface area contributed by atoms with Crippen LogP contribution in [0.25, 0.3) is 5.76 Å². The number of hydrogen-bond donors (Lipinski definition) is 6. The highest BCUT2D eigenvalue weighted by Gasteiger charge is 2.62. The molecule has 1 amide bonds. The summed E-state index contributed by atoms with van der Waals surface area (Å²) >= 11 is 0. The van der Waals surface area contributed by atoms with E-state index in [-0.39, 0.29) is 59.0 Å². The highest BCUT2D eigenvalue weighted by atomic mass is 19.1. The fourth-order valence-electron chi connectivity index (χ4n) is 7.03. The minimum Gasteiger partial charge on any atom is -0.510 e. The fraction of sp³-hybridized carbons (Fsp3) is 0.500. The summed E-state index contributed by atoms with van der Waals surface area (Å²) in [6, 6.07) is 0.586. The Labute approximate surface area is 220 Å². The summed E-state index contributed by atoms with van der Waals surface area (Å²) in [5.41, 5.74) is 2.39. The summed E-state index contributed by atoms with van der Waals surface area (Å²) < 4.78 is 15.8. The first kappa shape index (κ1) is 26.4. The third-order valence-electron chi connectivity index (χ3n) is 8.85. The van der Waals surface area contributed by atoms with Crippen molar-refractivity contribution in [3.8, 4) is 5.75 Å². The number of halogens is 1. The number of hydrogen-bond acceptors (Lipinski definition) is 8. The minimum absolute atomic E-state index is 0.00346. The normalized spacial score (nSPS) is 29.6. The second kappa shape index (κ2) is 9.21. The summed E-state index contributed by atoms with van der Waals surface area (Å²) in [4.78, 5) is 27.7. The lowest BCUT2D eigenvalue weighted by atomic mass is 9.56. The fourth-order valence-corrected chi connectivity index (χ4v) is 7.03. The number of Topliss-reactive ketones (excluding diaryl/α,β-unsaturated/α-hetero) is 1. The molecule has 4 atom stereocenters. The third kappa shape index (κ3) is 3.69. The quantitative estimate of drug-likeness (QED) is 0.340. The van der Waals surface area contributed by atoms with E-state index in [2.05, 4.69) is 11.9 Å².